The van der Waals surface area contributed by atoms with E-state index < -0.39 is 11.6 Å². The number of halogens is 2. The van der Waals surface area contributed by atoms with Gasteiger partial charge in [0, 0.05) is 46.5 Å². The molecule has 0 aromatic heterocycles. The largest absolute Gasteiger partial charge is 0.494 e. The van der Waals surface area contributed by atoms with Crippen LogP contribution in [-0.2, 0) is 28.9 Å². The molecule has 1 aliphatic heterocycles. The molecule has 0 radical (unpaired) electrons. The van der Waals surface area contributed by atoms with E-state index in [9.17, 15) is 4.79 Å². The van der Waals surface area contributed by atoms with Crippen LogP contribution in [0.3, 0.4) is 0 Å². The van der Waals surface area contributed by atoms with Gasteiger partial charge in [0.05, 0.1) is 13.2 Å². The van der Waals surface area contributed by atoms with Crippen LogP contribution in [0.5, 0.6) is 5.75 Å². The van der Waals surface area contributed by atoms with Gasteiger partial charge in [-0.3, -0.25) is 10.2 Å². The van der Waals surface area contributed by atoms with Gasteiger partial charge in [0.1, 0.15) is 11.9 Å². The van der Waals surface area contributed by atoms with Crippen molar-refractivity contribution in [3.05, 3.63) is 109 Å². The van der Waals surface area contributed by atoms with Gasteiger partial charge in [0.2, 0.25) is 5.90 Å². The van der Waals surface area contributed by atoms with Crippen LogP contribution in [0.25, 0.3) is 10.4 Å². The summed E-state index contributed by atoms with van der Waals surface area (Å²) in [5.74, 6) is 0.620. The van der Waals surface area contributed by atoms with Gasteiger partial charge in [0.25, 0.3) is 5.91 Å². The number of azide groups is 1. The number of nitrogens with zero attached hydrogens (tertiary/aromatic N) is 4. The van der Waals surface area contributed by atoms with Gasteiger partial charge in [-0.15, -0.1) is 0 Å². The molecule has 3 aromatic rings. The number of hydrogen-bond acceptors (Lipinski definition) is 7. The summed E-state index contributed by atoms with van der Waals surface area (Å²) in [5.41, 5.74) is 16.6. The number of aliphatic imine (C=N–C) groups is 1. The fraction of sp³-hybridized carbons (Fsp3) is 0.333. The Morgan fingerprint density at radius 3 is 2.62 bits per heavy atom. The quantitative estimate of drug-likeness (QED) is 0.0718. The minimum Gasteiger partial charge on any atom is -0.494 e. The molecule has 220 valence electrons. The molecule has 42 heavy (non-hydrogen) atoms. The monoisotopic (exact) mass is 610 g/mol. The van der Waals surface area contributed by atoms with Crippen molar-refractivity contribution in [3.8, 4) is 5.75 Å². The number of carbonyl (C=O) groups excluding carboxylic acids is 1. The molecular formula is C30H32Cl2N6O4. The summed E-state index contributed by atoms with van der Waals surface area (Å²) < 4.78 is 11.8. The van der Waals surface area contributed by atoms with Crippen LogP contribution >= 0.6 is 23.2 Å². The summed E-state index contributed by atoms with van der Waals surface area (Å²) >= 11 is 12.3. The van der Waals surface area contributed by atoms with Crippen LogP contribution < -0.4 is 15.6 Å². The SMILES string of the molecule is C[C@@H]1OC(c2ccc(OCCCO)cc2)=N[C@]1(Cc1ccccc1CN=[N+]=[N-])C(=O)NNCCc1ccc(Cl)cc1Cl. The highest BCUT2D eigenvalue weighted by atomic mass is 35.5. The van der Waals surface area contributed by atoms with Crippen LogP contribution in [0.1, 0.15) is 35.6 Å². The second-order valence-electron chi connectivity index (χ2n) is 9.75. The smallest absolute Gasteiger partial charge is 0.266 e. The maximum Gasteiger partial charge on any atom is 0.266 e. The first-order valence-electron chi connectivity index (χ1n) is 13.5. The number of aliphatic hydroxyl groups excluding tert-OH is 1. The normalized spacial score (nSPS) is 17.6. The van der Waals surface area contributed by atoms with Crippen LogP contribution in [0.15, 0.2) is 76.8 Å². The average molecular weight is 612 g/mol. The molecule has 0 bridgehead atoms. The highest BCUT2D eigenvalue weighted by Crippen LogP contribution is 2.34. The molecule has 0 fully saturated rings. The predicted octanol–water partition coefficient (Wildman–Crippen LogP) is 5.58. The first-order chi connectivity index (χ1) is 20.4. The third-order valence-corrected chi connectivity index (χ3v) is 7.53. The molecule has 12 heteroatoms. The zero-order valence-electron chi connectivity index (χ0n) is 23.1. The number of amides is 1. The van der Waals surface area contributed by atoms with E-state index in [1.165, 1.54) is 0 Å². The highest BCUT2D eigenvalue weighted by molar-refractivity contribution is 6.35. The van der Waals surface area contributed by atoms with Crippen LogP contribution in [-0.4, -0.2) is 48.3 Å². The lowest BCUT2D eigenvalue weighted by atomic mass is 9.84. The van der Waals surface area contributed by atoms with E-state index in [2.05, 4.69) is 20.9 Å². The molecule has 1 aliphatic rings. The van der Waals surface area contributed by atoms with E-state index in [1.807, 2.05) is 49.4 Å². The number of ether oxygens (including phenoxy) is 2. The number of nitrogens with one attached hydrogen (secondary N) is 2. The molecule has 0 saturated heterocycles. The third kappa shape index (κ3) is 7.73. The summed E-state index contributed by atoms with van der Waals surface area (Å²) in [4.78, 5) is 21.6. The van der Waals surface area contributed by atoms with Gasteiger partial charge in [-0.05, 0) is 72.0 Å². The molecule has 0 spiro atoms. The van der Waals surface area contributed by atoms with E-state index in [-0.39, 0.29) is 25.5 Å². The van der Waals surface area contributed by atoms with Crippen LogP contribution in [0.4, 0.5) is 0 Å². The first-order valence-corrected chi connectivity index (χ1v) is 14.3. The summed E-state index contributed by atoms with van der Waals surface area (Å²) in [6.45, 7) is 2.83. The van der Waals surface area contributed by atoms with Gasteiger partial charge in [-0.25, -0.2) is 10.4 Å². The standard InChI is InChI=1S/C30H32Cl2N6O4/c1-20-30(18-23-5-2-3-6-24(23)19-35-38-33,29(40)37-34-14-13-21-7-10-25(31)17-27(21)32)36-28(42-20)22-8-11-26(12-9-22)41-16-4-15-39/h2-3,5-12,17,20,34,39H,4,13-16,18-19H2,1H3,(H,37,40)/t20-,30-/m0/s1. The van der Waals surface area contributed by atoms with Gasteiger partial charge in [-0.2, -0.15) is 0 Å². The van der Waals surface area contributed by atoms with Crippen LogP contribution in [0.2, 0.25) is 10.0 Å². The van der Waals surface area contributed by atoms with Gasteiger partial charge >= 0.3 is 0 Å². The van der Waals surface area contributed by atoms with Crippen molar-refractivity contribution in [2.45, 2.75) is 44.4 Å². The van der Waals surface area contributed by atoms with E-state index in [1.54, 1.807) is 24.3 Å². The number of hydrogen-bond donors (Lipinski definition) is 3. The van der Waals surface area contributed by atoms with Crippen molar-refractivity contribution in [1.82, 2.24) is 10.9 Å². The van der Waals surface area contributed by atoms with E-state index in [0.29, 0.717) is 53.2 Å². The lowest BCUT2D eigenvalue weighted by molar-refractivity contribution is -0.129. The second-order valence-corrected chi connectivity index (χ2v) is 10.6. The van der Waals surface area contributed by atoms with Crippen molar-refractivity contribution in [3.63, 3.8) is 0 Å². The molecule has 1 amide bonds. The molecular weight excluding hydrogens is 579 g/mol. The zero-order chi connectivity index (χ0) is 30.0. The molecule has 4 rings (SSSR count). The minimum atomic E-state index is -1.32. The molecule has 0 saturated carbocycles. The predicted molar refractivity (Wildman–Crippen MR) is 163 cm³/mol. The first kappa shape index (κ1) is 31.2. The maximum absolute atomic E-state index is 13.9. The Morgan fingerprint density at radius 2 is 1.90 bits per heavy atom. The third-order valence-electron chi connectivity index (χ3n) is 6.95. The highest BCUT2D eigenvalue weighted by Gasteiger charge is 2.50. The lowest BCUT2D eigenvalue weighted by Gasteiger charge is -2.29. The average Bonchev–Trinajstić information content (AvgIpc) is 3.32. The van der Waals surface area contributed by atoms with Crippen LogP contribution in [0, 0.1) is 0 Å². The molecule has 10 nitrogen and oxygen atoms in total. The Balaban J connectivity index is 1.57. The Labute approximate surface area is 254 Å². The number of rotatable bonds is 14. The molecule has 3 aromatic carbocycles. The lowest BCUT2D eigenvalue weighted by Crippen LogP contribution is -2.56. The summed E-state index contributed by atoms with van der Waals surface area (Å²) in [5, 5.41) is 13.8. The number of hydrazine groups is 1. The van der Waals surface area contributed by atoms with Gasteiger partial charge in [0.15, 0.2) is 5.54 Å². The molecule has 1 heterocycles. The Morgan fingerprint density at radius 1 is 1.14 bits per heavy atom. The maximum atomic E-state index is 13.9. The van der Waals surface area contributed by atoms with Crippen molar-refractivity contribution in [2.24, 2.45) is 10.1 Å². The topological polar surface area (TPSA) is 141 Å². The van der Waals surface area contributed by atoms with Crippen molar-refractivity contribution < 1.29 is 19.4 Å². The summed E-state index contributed by atoms with van der Waals surface area (Å²) in [6, 6.07) is 20.0. The Hall–Kier alpha value is -3.79. The molecule has 0 unspecified atom stereocenters. The molecule has 0 aliphatic carbocycles. The number of benzene rings is 3. The summed E-state index contributed by atoms with van der Waals surface area (Å²) in [7, 11) is 0. The number of carbonyl (C=O) groups is 1. The Kier molecular flexibility index (Phi) is 11.1. The number of aliphatic hydroxyl groups is 1. The van der Waals surface area contributed by atoms with E-state index in [4.69, 9.17) is 48.3 Å². The second kappa shape index (κ2) is 14.9. The van der Waals surface area contributed by atoms with Crippen molar-refractivity contribution in [1.29, 1.82) is 0 Å². The molecule has 2 atom stereocenters. The fourth-order valence-electron chi connectivity index (χ4n) is 4.60. The van der Waals surface area contributed by atoms with Crippen molar-refractivity contribution >= 4 is 35.0 Å². The summed E-state index contributed by atoms with van der Waals surface area (Å²) in [6.07, 6.45) is 0.696. The fourth-order valence-corrected chi connectivity index (χ4v) is 5.10. The Bertz CT molecular complexity index is 1460. The van der Waals surface area contributed by atoms with Crippen molar-refractivity contribution in [2.75, 3.05) is 19.8 Å². The minimum absolute atomic E-state index is 0.0560. The van der Waals surface area contributed by atoms with Gasteiger partial charge in [-0.1, -0.05) is 58.6 Å². The molecule has 3 N–H and O–H groups in total. The zero-order valence-corrected chi connectivity index (χ0v) is 24.6. The van der Waals surface area contributed by atoms with E-state index in [0.717, 1.165) is 16.7 Å². The van der Waals surface area contributed by atoms with E-state index >= 15 is 0 Å². The van der Waals surface area contributed by atoms with Gasteiger partial charge < -0.3 is 14.6 Å².